The number of aromatic carboxylic acids is 1. The molecule has 5 heteroatoms. The fraction of sp³-hybridized carbons (Fsp3) is 0.208. The Hall–Kier alpha value is -3.47. The van der Waals surface area contributed by atoms with Crippen LogP contribution in [0.5, 0.6) is 0 Å². The zero-order valence-electron chi connectivity index (χ0n) is 16.3. The highest BCUT2D eigenvalue weighted by Gasteiger charge is 2.27. The zero-order valence-corrected chi connectivity index (χ0v) is 16.3. The Labute approximate surface area is 168 Å². The summed E-state index contributed by atoms with van der Waals surface area (Å²) in [7, 11) is 1.36. The smallest absolute Gasteiger partial charge is 0.337 e. The van der Waals surface area contributed by atoms with E-state index in [2.05, 4.69) is 6.92 Å². The Balaban J connectivity index is 1.87. The summed E-state index contributed by atoms with van der Waals surface area (Å²) in [6.45, 7) is 2.12. The summed E-state index contributed by atoms with van der Waals surface area (Å²) >= 11 is 0. The van der Waals surface area contributed by atoms with Gasteiger partial charge in [0.1, 0.15) is 0 Å². The maximum atomic E-state index is 12.1. The van der Waals surface area contributed by atoms with Crippen LogP contribution in [0.4, 0.5) is 0 Å². The molecule has 4 rings (SSSR count). The van der Waals surface area contributed by atoms with Crippen LogP contribution in [0.25, 0.3) is 22.6 Å². The van der Waals surface area contributed by atoms with Crippen LogP contribution in [-0.2, 0) is 11.2 Å². The van der Waals surface area contributed by atoms with Crippen molar-refractivity contribution in [1.82, 2.24) is 4.98 Å². The number of nitrogens with zero attached hydrogens (tertiary/aromatic N) is 1. The molecular weight excluding hydrogens is 366 g/mol. The van der Waals surface area contributed by atoms with E-state index in [0.29, 0.717) is 34.4 Å². The van der Waals surface area contributed by atoms with Crippen molar-refractivity contribution < 1.29 is 19.4 Å². The van der Waals surface area contributed by atoms with E-state index in [1.807, 2.05) is 42.5 Å². The highest BCUT2D eigenvalue weighted by atomic mass is 16.5. The molecule has 0 amide bonds. The number of hydrogen-bond acceptors (Lipinski definition) is 4. The Morgan fingerprint density at radius 1 is 1.10 bits per heavy atom. The lowest BCUT2D eigenvalue weighted by molar-refractivity contribution is 0.0599. The molecule has 0 aliphatic heterocycles. The van der Waals surface area contributed by atoms with Gasteiger partial charge in [0.05, 0.1) is 29.4 Å². The normalized spacial score (nSPS) is 17.2. The van der Waals surface area contributed by atoms with Crippen LogP contribution in [-0.4, -0.2) is 29.1 Å². The van der Waals surface area contributed by atoms with Gasteiger partial charge < -0.3 is 9.84 Å². The number of allylic oxidation sites excluding steroid dienone is 1. The van der Waals surface area contributed by atoms with Crippen molar-refractivity contribution in [3.05, 3.63) is 76.5 Å². The average molecular weight is 387 g/mol. The number of methoxy groups -OCH3 is 1. The predicted molar refractivity (Wildman–Crippen MR) is 112 cm³/mol. The SMILES string of the molecule is COC(=O)c1ccc(/C=C2/CC(C)Cc3c2nc2ccccc2c3C(=O)O)cc1. The maximum absolute atomic E-state index is 12.1. The summed E-state index contributed by atoms with van der Waals surface area (Å²) in [6, 6.07) is 14.5. The van der Waals surface area contributed by atoms with Gasteiger partial charge >= 0.3 is 11.9 Å². The summed E-state index contributed by atoms with van der Waals surface area (Å²) in [5.41, 5.74) is 5.03. The van der Waals surface area contributed by atoms with E-state index in [1.165, 1.54) is 7.11 Å². The van der Waals surface area contributed by atoms with Gasteiger partial charge in [0.15, 0.2) is 0 Å². The minimum atomic E-state index is -0.921. The predicted octanol–water partition coefficient (Wildman–Crippen LogP) is 4.84. The molecule has 5 nitrogen and oxygen atoms in total. The topological polar surface area (TPSA) is 76.5 Å². The number of benzene rings is 2. The number of para-hydroxylation sites is 1. The quantitative estimate of drug-likeness (QED) is 0.651. The molecule has 0 spiro atoms. The molecule has 0 bridgehead atoms. The number of hydrogen-bond donors (Lipinski definition) is 1. The first-order chi connectivity index (χ1) is 14.0. The van der Waals surface area contributed by atoms with E-state index in [0.717, 1.165) is 28.8 Å². The van der Waals surface area contributed by atoms with Gasteiger partial charge in [-0.1, -0.05) is 37.3 Å². The Morgan fingerprint density at radius 2 is 1.83 bits per heavy atom. The minimum absolute atomic E-state index is 0.309. The van der Waals surface area contributed by atoms with Gasteiger partial charge in [-0.2, -0.15) is 0 Å². The number of esters is 1. The van der Waals surface area contributed by atoms with Crippen LogP contribution in [0.3, 0.4) is 0 Å². The van der Waals surface area contributed by atoms with E-state index in [4.69, 9.17) is 9.72 Å². The fourth-order valence-corrected chi connectivity index (χ4v) is 4.01. The van der Waals surface area contributed by atoms with Crippen molar-refractivity contribution in [1.29, 1.82) is 0 Å². The van der Waals surface area contributed by atoms with E-state index in [-0.39, 0.29) is 5.97 Å². The van der Waals surface area contributed by atoms with Crippen molar-refractivity contribution in [3.63, 3.8) is 0 Å². The summed E-state index contributed by atoms with van der Waals surface area (Å²) in [4.78, 5) is 28.6. The maximum Gasteiger partial charge on any atom is 0.337 e. The lowest BCUT2D eigenvalue weighted by Crippen LogP contribution is -2.17. The molecular formula is C24H21NO4. The highest BCUT2D eigenvalue weighted by molar-refractivity contribution is 6.06. The van der Waals surface area contributed by atoms with E-state index in [9.17, 15) is 14.7 Å². The van der Waals surface area contributed by atoms with Gasteiger partial charge in [0.25, 0.3) is 0 Å². The van der Waals surface area contributed by atoms with E-state index < -0.39 is 5.97 Å². The van der Waals surface area contributed by atoms with Crippen molar-refractivity contribution in [3.8, 4) is 0 Å². The lowest BCUT2D eigenvalue weighted by Gasteiger charge is -2.26. The van der Waals surface area contributed by atoms with Crippen molar-refractivity contribution in [2.24, 2.45) is 5.92 Å². The third-order valence-electron chi connectivity index (χ3n) is 5.30. The first-order valence-electron chi connectivity index (χ1n) is 9.52. The van der Waals surface area contributed by atoms with Gasteiger partial charge in [-0.15, -0.1) is 0 Å². The van der Waals surface area contributed by atoms with Crippen molar-refractivity contribution >= 4 is 34.5 Å². The zero-order chi connectivity index (χ0) is 20.5. The second-order valence-electron chi connectivity index (χ2n) is 7.43. The number of aromatic nitrogens is 1. The lowest BCUT2D eigenvalue weighted by atomic mass is 9.80. The molecule has 1 aliphatic rings. The summed E-state index contributed by atoms with van der Waals surface area (Å²) < 4.78 is 4.74. The number of carboxylic acid groups (broad SMARTS) is 1. The van der Waals surface area contributed by atoms with Crippen LogP contribution >= 0.6 is 0 Å². The molecule has 1 atom stereocenters. The molecule has 0 saturated carbocycles. The number of fused-ring (bicyclic) bond motifs is 2. The molecule has 1 heterocycles. The number of rotatable bonds is 3. The minimum Gasteiger partial charge on any atom is -0.478 e. The largest absolute Gasteiger partial charge is 0.478 e. The summed E-state index contributed by atoms with van der Waals surface area (Å²) in [5, 5.41) is 10.6. The van der Waals surface area contributed by atoms with Crippen LogP contribution < -0.4 is 0 Å². The number of carbonyl (C=O) groups is 2. The summed E-state index contributed by atoms with van der Waals surface area (Å²) in [5.74, 6) is -0.986. The van der Waals surface area contributed by atoms with E-state index in [1.54, 1.807) is 12.1 Å². The number of pyridine rings is 1. The van der Waals surface area contributed by atoms with Gasteiger partial charge in [0, 0.05) is 5.39 Å². The Morgan fingerprint density at radius 3 is 2.52 bits per heavy atom. The first kappa shape index (κ1) is 18.9. The Kier molecular flexibility index (Phi) is 4.89. The molecule has 0 saturated heterocycles. The molecule has 1 aliphatic carbocycles. The van der Waals surface area contributed by atoms with Crippen LogP contribution in [0, 0.1) is 5.92 Å². The molecule has 29 heavy (non-hydrogen) atoms. The fourth-order valence-electron chi connectivity index (χ4n) is 4.01. The molecule has 1 unspecified atom stereocenters. The molecule has 2 aromatic carbocycles. The molecule has 1 aromatic heterocycles. The van der Waals surface area contributed by atoms with Crippen molar-refractivity contribution in [2.45, 2.75) is 19.8 Å². The molecule has 1 N–H and O–H groups in total. The van der Waals surface area contributed by atoms with Crippen LogP contribution in [0.15, 0.2) is 48.5 Å². The number of ether oxygens (including phenoxy) is 1. The van der Waals surface area contributed by atoms with Gasteiger partial charge in [-0.3, -0.25) is 0 Å². The first-order valence-corrected chi connectivity index (χ1v) is 9.52. The van der Waals surface area contributed by atoms with Crippen LogP contribution in [0.1, 0.15) is 50.9 Å². The second-order valence-corrected chi connectivity index (χ2v) is 7.43. The molecule has 3 aromatic rings. The third-order valence-corrected chi connectivity index (χ3v) is 5.30. The standard InChI is InChI=1S/C24H21NO4/c1-14-11-17(13-15-7-9-16(10-8-15)24(28)29-2)22-19(12-14)21(23(26)27)18-5-3-4-6-20(18)25-22/h3-10,13-14H,11-12H2,1-2H3,(H,26,27)/b17-13-. The van der Waals surface area contributed by atoms with Gasteiger partial charge in [-0.05, 0) is 59.7 Å². The third kappa shape index (κ3) is 3.51. The highest BCUT2D eigenvalue weighted by Crippen LogP contribution is 2.38. The molecule has 146 valence electrons. The summed E-state index contributed by atoms with van der Waals surface area (Å²) in [6.07, 6.45) is 3.53. The van der Waals surface area contributed by atoms with Crippen LogP contribution in [0.2, 0.25) is 0 Å². The molecule has 0 fully saturated rings. The number of carboxylic acids is 1. The average Bonchev–Trinajstić information content (AvgIpc) is 2.72. The van der Waals surface area contributed by atoms with Crippen molar-refractivity contribution in [2.75, 3.05) is 7.11 Å². The van der Waals surface area contributed by atoms with Gasteiger partial charge in [0.2, 0.25) is 0 Å². The van der Waals surface area contributed by atoms with Gasteiger partial charge in [-0.25, -0.2) is 14.6 Å². The monoisotopic (exact) mass is 387 g/mol. The Bertz CT molecular complexity index is 1150. The molecule has 0 radical (unpaired) electrons. The van der Waals surface area contributed by atoms with E-state index >= 15 is 0 Å². The second kappa shape index (κ2) is 7.51. The number of carbonyl (C=O) groups excluding carboxylic acids is 1.